The van der Waals surface area contributed by atoms with E-state index in [2.05, 4.69) is 10.5 Å². The van der Waals surface area contributed by atoms with Gasteiger partial charge in [-0.25, -0.2) is 0 Å². The molecule has 6 heteroatoms. The van der Waals surface area contributed by atoms with Gasteiger partial charge in [-0.2, -0.15) is 0 Å². The highest BCUT2D eigenvalue weighted by Gasteiger charge is 2.43. The number of rotatable bonds is 5. The van der Waals surface area contributed by atoms with Crippen molar-refractivity contribution in [1.82, 2.24) is 5.32 Å². The Morgan fingerprint density at radius 2 is 2.12 bits per heavy atom. The van der Waals surface area contributed by atoms with E-state index >= 15 is 0 Å². The number of hydrogen-bond acceptors (Lipinski definition) is 4. The lowest BCUT2D eigenvalue weighted by atomic mass is 9.72. The largest absolute Gasteiger partial charge is 0.409 e. The number of methoxy groups -OCH3 is 1. The molecule has 0 atom stereocenters. The minimum absolute atomic E-state index is 0.0205. The quantitative estimate of drug-likeness (QED) is 0.215. The lowest BCUT2D eigenvalue weighted by Gasteiger charge is -2.34. The number of hydrogen-bond donors (Lipinski definition) is 3. The monoisotopic (exact) mass is 243 g/mol. The molecule has 0 aromatic carbocycles. The fourth-order valence-electron chi connectivity index (χ4n) is 2.29. The molecule has 1 aliphatic carbocycles. The van der Waals surface area contributed by atoms with Crippen LogP contribution in [0.5, 0.6) is 0 Å². The molecule has 1 amide bonds. The minimum Gasteiger partial charge on any atom is -0.409 e. The molecule has 6 nitrogen and oxygen atoms in total. The first-order chi connectivity index (χ1) is 8.17. The highest BCUT2D eigenvalue weighted by atomic mass is 16.5. The third kappa shape index (κ3) is 3.09. The van der Waals surface area contributed by atoms with Gasteiger partial charge in [0, 0.05) is 13.7 Å². The fourth-order valence-corrected chi connectivity index (χ4v) is 2.29. The van der Waals surface area contributed by atoms with Crippen molar-refractivity contribution in [3.63, 3.8) is 0 Å². The van der Waals surface area contributed by atoms with E-state index in [0.29, 0.717) is 26.0 Å². The number of carbonyl (C=O) groups excluding carboxylic acids is 1. The van der Waals surface area contributed by atoms with Gasteiger partial charge in [0.15, 0.2) is 5.84 Å². The summed E-state index contributed by atoms with van der Waals surface area (Å²) in [5.41, 5.74) is 4.86. The summed E-state index contributed by atoms with van der Waals surface area (Å²) < 4.78 is 4.87. The van der Waals surface area contributed by atoms with Crippen LogP contribution in [0.15, 0.2) is 5.16 Å². The molecule has 4 N–H and O–H groups in total. The third-order valence-corrected chi connectivity index (χ3v) is 3.33. The zero-order chi connectivity index (χ0) is 12.7. The van der Waals surface area contributed by atoms with Gasteiger partial charge in [-0.3, -0.25) is 4.79 Å². The molecule has 0 aliphatic heterocycles. The Balaban J connectivity index is 2.72. The van der Waals surface area contributed by atoms with Crippen molar-refractivity contribution in [1.29, 1.82) is 0 Å². The summed E-state index contributed by atoms with van der Waals surface area (Å²) in [6.07, 6.45) is 4.22. The van der Waals surface area contributed by atoms with Gasteiger partial charge < -0.3 is 21.0 Å². The number of oxime groups is 1. The van der Waals surface area contributed by atoms with Crippen molar-refractivity contribution < 1.29 is 14.7 Å². The number of nitrogens with zero attached hydrogens (tertiary/aromatic N) is 1. The van der Waals surface area contributed by atoms with Crippen LogP contribution < -0.4 is 11.1 Å². The number of nitrogens with two attached hydrogens (primary N) is 1. The van der Waals surface area contributed by atoms with E-state index < -0.39 is 5.41 Å². The Bertz CT molecular complexity index is 286. The molecule has 0 unspecified atom stereocenters. The van der Waals surface area contributed by atoms with Crippen molar-refractivity contribution >= 4 is 11.7 Å². The van der Waals surface area contributed by atoms with E-state index in [9.17, 15) is 4.79 Å². The van der Waals surface area contributed by atoms with Crippen molar-refractivity contribution in [2.24, 2.45) is 16.3 Å². The summed E-state index contributed by atoms with van der Waals surface area (Å²) in [7, 11) is 1.58. The van der Waals surface area contributed by atoms with E-state index in [-0.39, 0.29) is 11.7 Å². The van der Waals surface area contributed by atoms with E-state index in [4.69, 9.17) is 15.7 Å². The van der Waals surface area contributed by atoms with Gasteiger partial charge in [-0.15, -0.1) is 0 Å². The van der Waals surface area contributed by atoms with Crippen LogP contribution in [0.25, 0.3) is 0 Å². The van der Waals surface area contributed by atoms with Gasteiger partial charge in [-0.1, -0.05) is 24.4 Å². The van der Waals surface area contributed by atoms with Crippen LogP contribution in [0, 0.1) is 5.41 Å². The average molecular weight is 243 g/mol. The van der Waals surface area contributed by atoms with Crippen LogP contribution in [0.2, 0.25) is 0 Å². The Morgan fingerprint density at radius 3 is 2.65 bits per heavy atom. The summed E-state index contributed by atoms with van der Waals surface area (Å²) in [5, 5.41) is 14.6. The van der Waals surface area contributed by atoms with Crippen LogP contribution in [-0.2, 0) is 9.53 Å². The van der Waals surface area contributed by atoms with E-state index in [1.807, 2.05) is 0 Å². The summed E-state index contributed by atoms with van der Waals surface area (Å²) in [4.78, 5) is 12.2. The molecule has 1 aliphatic rings. The first-order valence-electron chi connectivity index (χ1n) is 5.92. The maximum Gasteiger partial charge on any atom is 0.234 e. The summed E-state index contributed by atoms with van der Waals surface area (Å²) >= 11 is 0. The summed E-state index contributed by atoms with van der Waals surface area (Å²) in [6.45, 7) is 0.897. The zero-order valence-electron chi connectivity index (χ0n) is 10.2. The van der Waals surface area contributed by atoms with Crippen LogP contribution in [0.1, 0.15) is 32.1 Å². The third-order valence-electron chi connectivity index (χ3n) is 3.33. The average Bonchev–Trinajstić information content (AvgIpc) is 2.38. The SMILES string of the molecule is COCCNC(=O)C1(C(N)=NO)CCCCC1. The first-order valence-corrected chi connectivity index (χ1v) is 5.92. The number of carbonyl (C=O) groups is 1. The maximum absolute atomic E-state index is 12.2. The molecule has 0 heterocycles. The molecule has 0 radical (unpaired) electrons. The number of amidine groups is 1. The maximum atomic E-state index is 12.2. The van der Waals surface area contributed by atoms with Gasteiger partial charge in [0.25, 0.3) is 0 Å². The summed E-state index contributed by atoms with van der Waals surface area (Å²) in [6, 6.07) is 0. The van der Waals surface area contributed by atoms with Gasteiger partial charge in [-0.05, 0) is 12.8 Å². The fraction of sp³-hybridized carbons (Fsp3) is 0.818. The molecule has 1 rings (SSSR count). The highest BCUT2D eigenvalue weighted by molar-refractivity contribution is 6.06. The van der Waals surface area contributed by atoms with E-state index in [0.717, 1.165) is 19.3 Å². The number of amides is 1. The second-order valence-corrected chi connectivity index (χ2v) is 4.38. The van der Waals surface area contributed by atoms with Gasteiger partial charge >= 0.3 is 0 Å². The van der Waals surface area contributed by atoms with Crippen molar-refractivity contribution in [2.75, 3.05) is 20.3 Å². The van der Waals surface area contributed by atoms with Crippen LogP contribution in [0.4, 0.5) is 0 Å². The first kappa shape index (κ1) is 13.8. The smallest absolute Gasteiger partial charge is 0.234 e. The number of ether oxygens (including phenoxy) is 1. The van der Waals surface area contributed by atoms with Crippen LogP contribution in [-0.4, -0.2) is 37.2 Å². The van der Waals surface area contributed by atoms with Crippen LogP contribution in [0.3, 0.4) is 0 Å². The molecule has 1 saturated carbocycles. The molecule has 0 saturated heterocycles. The summed E-state index contributed by atoms with van der Waals surface area (Å²) in [5.74, 6) is -0.142. The van der Waals surface area contributed by atoms with Crippen molar-refractivity contribution in [3.8, 4) is 0 Å². The second kappa shape index (κ2) is 6.44. The predicted molar refractivity (Wildman–Crippen MR) is 63.8 cm³/mol. The topological polar surface area (TPSA) is 96.9 Å². The zero-order valence-corrected chi connectivity index (χ0v) is 10.2. The Morgan fingerprint density at radius 1 is 1.47 bits per heavy atom. The molecule has 0 spiro atoms. The predicted octanol–water partition coefficient (Wildman–Crippen LogP) is 0.446. The molecule has 98 valence electrons. The standard InChI is InChI=1S/C11H21N3O3/c1-17-8-7-13-10(15)11(9(12)14-16)5-3-2-4-6-11/h16H,2-8H2,1H3,(H2,12,14)(H,13,15). The lowest BCUT2D eigenvalue weighted by Crippen LogP contribution is -2.51. The van der Waals surface area contributed by atoms with Gasteiger partial charge in [0.1, 0.15) is 5.41 Å². The molecule has 0 aromatic rings. The Hall–Kier alpha value is -1.30. The second-order valence-electron chi connectivity index (χ2n) is 4.38. The molecular formula is C11H21N3O3. The normalized spacial score (nSPS) is 19.9. The van der Waals surface area contributed by atoms with E-state index in [1.54, 1.807) is 7.11 Å². The van der Waals surface area contributed by atoms with E-state index in [1.165, 1.54) is 0 Å². The lowest BCUT2D eigenvalue weighted by molar-refractivity contribution is -0.129. The van der Waals surface area contributed by atoms with Gasteiger partial charge in [0.05, 0.1) is 6.61 Å². The number of nitrogens with one attached hydrogen (secondary N) is 1. The Kier molecular flexibility index (Phi) is 5.21. The van der Waals surface area contributed by atoms with Gasteiger partial charge in [0.2, 0.25) is 5.91 Å². The van der Waals surface area contributed by atoms with Crippen molar-refractivity contribution in [2.45, 2.75) is 32.1 Å². The molecular weight excluding hydrogens is 222 g/mol. The molecule has 17 heavy (non-hydrogen) atoms. The van der Waals surface area contributed by atoms with Crippen molar-refractivity contribution in [3.05, 3.63) is 0 Å². The minimum atomic E-state index is -0.833. The Labute approximate surface area is 101 Å². The molecule has 0 bridgehead atoms. The molecule has 1 fully saturated rings. The molecule has 0 aromatic heterocycles. The van der Waals surface area contributed by atoms with Crippen LogP contribution >= 0.6 is 0 Å². The highest BCUT2D eigenvalue weighted by Crippen LogP contribution is 2.36.